The van der Waals surface area contributed by atoms with Gasteiger partial charge in [-0.2, -0.15) is 0 Å². The molecule has 140 valence electrons. The highest BCUT2D eigenvalue weighted by Gasteiger charge is 2.06. The Morgan fingerprint density at radius 1 is 0.889 bits per heavy atom. The zero-order valence-corrected chi connectivity index (χ0v) is 16.7. The predicted molar refractivity (Wildman–Crippen MR) is 112 cm³/mol. The lowest BCUT2D eigenvalue weighted by molar-refractivity contribution is 0.414. The molecule has 7 heteroatoms. The molecule has 3 rings (SSSR count). The molecule has 0 bridgehead atoms. The molecule has 0 unspecified atom stereocenters. The van der Waals surface area contributed by atoms with E-state index >= 15 is 0 Å². The van der Waals surface area contributed by atoms with Gasteiger partial charge in [-0.15, -0.1) is 20.4 Å². The molecule has 0 N–H and O–H groups in total. The minimum absolute atomic E-state index is 0.555. The van der Waals surface area contributed by atoms with Crippen LogP contribution in [0, 0.1) is 0 Å². The normalized spacial score (nSPS) is 11.4. The van der Waals surface area contributed by atoms with Gasteiger partial charge in [0.2, 0.25) is 0 Å². The third kappa shape index (κ3) is 5.42. The molecule has 3 aromatic rings. The number of hydrogen-bond acceptors (Lipinski definition) is 7. The van der Waals surface area contributed by atoms with Crippen LogP contribution in [0.4, 0.5) is 16.5 Å². The Labute approximate surface area is 164 Å². The Bertz CT molecular complexity index is 858. The lowest BCUT2D eigenvalue weighted by Crippen LogP contribution is -2.31. The van der Waals surface area contributed by atoms with Gasteiger partial charge >= 0.3 is 0 Å². The minimum atomic E-state index is 0.555. The van der Waals surface area contributed by atoms with Crippen LogP contribution < -0.4 is 4.90 Å². The third-order valence-corrected chi connectivity index (χ3v) is 4.96. The number of hydrogen-bond donors (Lipinski definition) is 0. The molecule has 0 spiro atoms. The van der Waals surface area contributed by atoms with Crippen LogP contribution in [0.1, 0.15) is 6.92 Å². The molecule has 0 amide bonds. The van der Waals surface area contributed by atoms with E-state index in [0.717, 1.165) is 35.9 Å². The molecule has 2 aromatic carbocycles. The number of benzene rings is 2. The maximum absolute atomic E-state index is 4.29. The van der Waals surface area contributed by atoms with Crippen LogP contribution in [0.3, 0.4) is 0 Å². The number of anilines is 1. The van der Waals surface area contributed by atoms with Crippen molar-refractivity contribution in [3.05, 3.63) is 54.6 Å². The molecule has 1 aromatic heterocycles. The maximum Gasteiger partial charge on any atom is 0.252 e. The van der Waals surface area contributed by atoms with Crippen LogP contribution in [0.5, 0.6) is 0 Å². The van der Waals surface area contributed by atoms with Gasteiger partial charge in [0.1, 0.15) is 5.01 Å². The molecule has 0 aliphatic carbocycles. The maximum atomic E-state index is 4.29. The molecule has 0 aliphatic heterocycles. The Morgan fingerprint density at radius 2 is 1.63 bits per heavy atom. The van der Waals surface area contributed by atoms with Gasteiger partial charge in [0.05, 0.1) is 5.69 Å². The average molecular weight is 381 g/mol. The summed E-state index contributed by atoms with van der Waals surface area (Å²) in [6.45, 7) is 5.17. The number of likely N-dealkylation sites (N-methyl/N-ethyl adjacent to an activating group) is 2. The van der Waals surface area contributed by atoms with Crippen LogP contribution >= 0.6 is 11.3 Å². The number of nitrogens with zero attached hydrogens (tertiary/aromatic N) is 6. The summed E-state index contributed by atoms with van der Waals surface area (Å²) < 4.78 is 0. The standard InChI is InChI=1S/C20H24N6S/c1-4-26(15-14-25(2)3)18-12-10-17(11-13-18)21-23-20-24-22-19(27-20)16-8-6-5-7-9-16/h5-13H,4,14-15H2,1-3H3. The minimum Gasteiger partial charge on any atom is -0.371 e. The Balaban J connectivity index is 1.65. The van der Waals surface area contributed by atoms with Crippen molar-refractivity contribution in [1.82, 2.24) is 15.1 Å². The number of aromatic nitrogens is 2. The quantitative estimate of drug-likeness (QED) is 0.516. The zero-order valence-electron chi connectivity index (χ0n) is 15.9. The summed E-state index contributed by atoms with van der Waals surface area (Å²) in [7, 11) is 4.18. The van der Waals surface area contributed by atoms with Crippen LogP contribution in [-0.2, 0) is 0 Å². The molecule has 0 fully saturated rings. The summed E-state index contributed by atoms with van der Waals surface area (Å²) in [6.07, 6.45) is 0. The van der Waals surface area contributed by atoms with E-state index in [9.17, 15) is 0 Å². The summed E-state index contributed by atoms with van der Waals surface area (Å²) in [6, 6.07) is 18.1. The molecule has 27 heavy (non-hydrogen) atoms. The lowest BCUT2D eigenvalue weighted by atomic mass is 10.2. The molecule has 0 saturated carbocycles. The van der Waals surface area contributed by atoms with Crippen molar-refractivity contribution in [3.8, 4) is 10.6 Å². The van der Waals surface area contributed by atoms with Crippen molar-refractivity contribution in [1.29, 1.82) is 0 Å². The first-order valence-electron chi connectivity index (χ1n) is 8.96. The van der Waals surface area contributed by atoms with Crippen molar-refractivity contribution in [3.63, 3.8) is 0 Å². The molecule has 0 radical (unpaired) electrons. The second kappa shape index (κ2) is 9.34. The third-order valence-electron chi connectivity index (χ3n) is 4.10. The fraction of sp³-hybridized carbons (Fsp3) is 0.300. The number of rotatable bonds is 8. The summed E-state index contributed by atoms with van der Waals surface area (Å²) in [4.78, 5) is 4.54. The van der Waals surface area contributed by atoms with Crippen molar-refractivity contribution in [2.75, 3.05) is 38.6 Å². The van der Waals surface area contributed by atoms with E-state index in [1.807, 2.05) is 42.5 Å². The summed E-state index contributed by atoms with van der Waals surface area (Å²) >= 11 is 1.43. The fourth-order valence-corrected chi connectivity index (χ4v) is 3.25. The Hall–Kier alpha value is -2.64. The van der Waals surface area contributed by atoms with Crippen molar-refractivity contribution in [2.24, 2.45) is 10.2 Å². The van der Waals surface area contributed by atoms with E-state index in [0.29, 0.717) is 5.13 Å². The second-order valence-corrected chi connectivity index (χ2v) is 7.31. The molecule has 6 nitrogen and oxygen atoms in total. The van der Waals surface area contributed by atoms with Gasteiger partial charge in [-0.1, -0.05) is 41.7 Å². The van der Waals surface area contributed by atoms with Gasteiger partial charge in [0.15, 0.2) is 0 Å². The highest BCUT2D eigenvalue weighted by molar-refractivity contribution is 7.18. The van der Waals surface area contributed by atoms with E-state index in [1.165, 1.54) is 17.0 Å². The van der Waals surface area contributed by atoms with Gasteiger partial charge in [0.25, 0.3) is 5.13 Å². The first-order chi connectivity index (χ1) is 13.2. The SMILES string of the molecule is CCN(CCN(C)C)c1ccc(N=Nc2nnc(-c3ccccc3)s2)cc1. The van der Waals surface area contributed by atoms with E-state index < -0.39 is 0 Å². The van der Waals surface area contributed by atoms with Crippen molar-refractivity contribution in [2.45, 2.75) is 6.92 Å². The predicted octanol–water partition coefficient (Wildman–Crippen LogP) is 5.01. The molecule has 0 aliphatic rings. The molecular formula is C20H24N6S. The average Bonchev–Trinajstić information content (AvgIpc) is 3.17. The van der Waals surface area contributed by atoms with Gasteiger partial charge in [-0.05, 0) is 45.3 Å². The van der Waals surface area contributed by atoms with Crippen molar-refractivity contribution < 1.29 is 0 Å². The van der Waals surface area contributed by atoms with E-state index in [2.05, 4.69) is 63.4 Å². The topological polar surface area (TPSA) is 57.0 Å². The van der Waals surface area contributed by atoms with Gasteiger partial charge < -0.3 is 9.80 Å². The number of azo groups is 1. The van der Waals surface area contributed by atoms with Crippen LogP contribution in [-0.4, -0.2) is 48.8 Å². The Morgan fingerprint density at radius 3 is 2.30 bits per heavy atom. The summed E-state index contributed by atoms with van der Waals surface area (Å²) in [5.41, 5.74) is 3.04. The molecule has 0 saturated heterocycles. The van der Waals surface area contributed by atoms with Gasteiger partial charge in [-0.25, -0.2) is 0 Å². The second-order valence-electron chi connectivity index (χ2n) is 6.36. The van der Waals surface area contributed by atoms with Crippen molar-refractivity contribution >= 4 is 27.8 Å². The highest BCUT2D eigenvalue weighted by atomic mass is 32.1. The first kappa shape index (κ1) is 19.1. The highest BCUT2D eigenvalue weighted by Crippen LogP contribution is 2.29. The Kier molecular flexibility index (Phi) is 6.62. The largest absolute Gasteiger partial charge is 0.371 e. The van der Waals surface area contributed by atoms with E-state index in [-0.39, 0.29) is 0 Å². The molecule has 0 atom stereocenters. The van der Waals surface area contributed by atoms with Gasteiger partial charge in [0, 0.05) is 30.9 Å². The molecule has 1 heterocycles. The van der Waals surface area contributed by atoms with Gasteiger partial charge in [-0.3, -0.25) is 0 Å². The first-order valence-corrected chi connectivity index (χ1v) is 9.78. The van der Waals surface area contributed by atoms with E-state index in [1.54, 1.807) is 0 Å². The van der Waals surface area contributed by atoms with Crippen LogP contribution in [0.15, 0.2) is 64.8 Å². The summed E-state index contributed by atoms with van der Waals surface area (Å²) in [5.74, 6) is 0. The monoisotopic (exact) mass is 380 g/mol. The van der Waals surface area contributed by atoms with E-state index in [4.69, 9.17) is 0 Å². The fourth-order valence-electron chi connectivity index (χ4n) is 2.57. The summed E-state index contributed by atoms with van der Waals surface area (Å²) in [5, 5.41) is 18.2. The lowest BCUT2D eigenvalue weighted by Gasteiger charge is -2.24. The van der Waals surface area contributed by atoms with Crippen LogP contribution in [0.2, 0.25) is 0 Å². The molecular weight excluding hydrogens is 356 g/mol. The zero-order chi connectivity index (χ0) is 19.1. The smallest absolute Gasteiger partial charge is 0.252 e. The van der Waals surface area contributed by atoms with Crippen LogP contribution in [0.25, 0.3) is 10.6 Å².